The highest BCUT2D eigenvalue weighted by Gasteiger charge is 2.64. The largest absolute Gasteiger partial charge is 0.327 e. The van der Waals surface area contributed by atoms with E-state index in [-0.39, 0.29) is 41.2 Å². The van der Waals surface area contributed by atoms with E-state index in [4.69, 9.17) is 4.98 Å². The van der Waals surface area contributed by atoms with Crippen molar-refractivity contribution in [3.8, 4) is 11.3 Å². The van der Waals surface area contributed by atoms with E-state index in [1.54, 1.807) is 53.2 Å². The van der Waals surface area contributed by atoms with Gasteiger partial charge in [0.15, 0.2) is 5.78 Å². The van der Waals surface area contributed by atoms with Gasteiger partial charge in [-0.05, 0) is 66.2 Å². The number of carbonyl (C=O) groups excluding carboxylic acids is 3. The van der Waals surface area contributed by atoms with Crippen LogP contribution in [0.25, 0.3) is 22.2 Å². The summed E-state index contributed by atoms with van der Waals surface area (Å²) in [4.78, 5) is 59.1. The summed E-state index contributed by atoms with van der Waals surface area (Å²) in [5.41, 5.74) is 3.08. The highest BCUT2D eigenvalue weighted by Crippen LogP contribution is 2.59. The SMILES string of the molecule is CC(=O)c1nn(CC(=O)N2[C@H](C(=O)c3cccc(Br)n3)C[C@@]3(C)C[C@@H]23)c2c(C)nc(-c3cnc(C)nc3)cc12. The highest BCUT2D eigenvalue weighted by molar-refractivity contribution is 9.10. The number of hydrogen-bond donors (Lipinski definition) is 0. The van der Waals surface area contributed by atoms with Crippen LogP contribution in [0.3, 0.4) is 0 Å². The van der Waals surface area contributed by atoms with Crippen LogP contribution < -0.4 is 0 Å². The van der Waals surface area contributed by atoms with Crippen molar-refractivity contribution >= 4 is 44.3 Å². The number of piperidine rings is 1. The summed E-state index contributed by atoms with van der Waals surface area (Å²) >= 11 is 3.33. The first-order chi connectivity index (χ1) is 18.6. The standard InChI is InChI=1S/C28H26BrN7O3/c1-14-26-18(8-20(32-14)17-11-30-16(3)31-12-17)25(15(2)37)34-35(26)13-24(38)36-21(9-28(4)10-22(28)36)27(39)19-6-5-7-23(29)33-19/h5-8,11-12,21-22H,9-10,13H2,1-4H3/t21-,22+,28-/m0/s1. The third kappa shape index (κ3) is 4.34. The summed E-state index contributed by atoms with van der Waals surface area (Å²) in [6, 6.07) is 6.39. The van der Waals surface area contributed by atoms with Gasteiger partial charge in [0.1, 0.15) is 28.4 Å². The Balaban J connectivity index is 1.36. The Morgan fingerprint density at radius 2 is 1.85 bits per heavy atom. The molecule has 1 amide bonds. The van der Waals surface area contributed by atoms with Crippen LogP contribution in [0.4, 0.5) is 0 Å². The third-order valence-electron chi connectivity index (χ3n) is 7.79. The molecule has 0 unspecified atom stereocenters. The lowest BCUT2D eigenvalue weighted by atomic mass is 9.97. The number of likely N-dealkylation sites (tertiary alicyclic amines) is 1. The van der Waals surface area contributed by atoms with Crippen LogP contribution in [0, 0.1) is 19.3 Å². The molecule has 2 aliphatic rings. The monoisotopic (exact) mass is 587 g/mol. The molecular weight excluding hydrogens is 562 g/mol. The van der Waals surface area contributed by atoms with Crippen molar-refractivity contribution < 1.29 is 14.4 Å². The molecule has 2 fully saturated rings. The number of Topliss-reactive ketones (excluding diaryl/α,β-unsaturated/α-hetero) is 2. The van der Waals surface area contributed by atoms with Gasteiger partial charge in [0, 0.05) is 36.3 Å². The second kappa shape index (κ2) is 9.11. The number of hydrogen-bond acceptors (Lipinski definition) is 8. The van der Waals surface area contributed by atoms with Crippen molar-refractivity contribution in [3.05, 3.63) is 64.2 Å². The highest BCUT2D eigenvalue weighted by atomic mass is 79.9. The lowest BCUT2D eigenvalue weighted by Gasteiger charge is -2.26. The fraction of sp³-hybridized carbons (Fsp3) is 0.357. The van der Waals surface area contributed by atoms with Gasteiger partial charge < -0.3 is 4.90 Å². The van der Waals surface area contributed by atoms with E-state index in [1.165, 1.54) is 6.92 Å². The van der Waals surface area contributed by atoms with Crippen molar-refractivity contribution in [2.24, 2.45) is 5.41 Å². The van der Waals surface area contributed by atoms with E-state index in [2.05, 4.69) is 42.9 Å². The van der Waals surface area contributed by atoms with Crippen molar-refractivity contribution in [2.45, 2.75) is 59.2 Å². The number of amides is 1. The van der Waals surface area contributed by atoms with Crippen LogP contribution in [0.2, 0.25) is 0 Å². The zero-order chi connectivity index (χ0) is 27.6. The second-order valence-corrected chi connectivity index (χ2v) is 11.5. The van der Waals surface area contributed by atoms with Gasteiger partial charge in [-0.1, -0.05) is 13.0 Å². The minimum atomic E-state index is -0.593. The molecule has 4 aromatic heterocycles. The van der Waals surface area contributed by atoms with Gasteiger partial charge in [0.05, 0.1) is 22.9 Å². The van der Waals surface area contributed by atoms with E-state index in [9.17, 15) is 14.4 Å². The fourth-order valence-corrected chi connectivity index (χ4v) is 6.07. The molecule has 4 aromatic rings. The Labute approximate surface area is 233 Å². The maximum Gasteiger partial charge on any atom is 0.245 e. The molecule has 5 heterocycles. The quantitative estimate of drug-likeness (QED) is 0.243. The lowest BCUT2D eigenvalue weighted by molar-refractivity contribution is -0.133. The average Bonchev–Trinajstić information content (AvgIpc) is 3.25. The Hall–Kier alpha value is -3.86. The van der Waals surface area contributed by atoms with Gasteiger partial charge in [-0.2, -0.15) is 5.10 Å². The first-order valence-corrected chi connectivity index (χ1v) is 13.5. The fourth-order valence-electron chi connectivity index (χ4n) is 5.73. The van der Waals surface area contributed by atoms with Crippen LogP contribution >= 0.6 is 15.9 Å². The van der Waals surface area contributed by atoms with E-state index in [0.29, 0.717) is 44.8 Å². The van der Waals surface area contributed by atoms with Crippen LogP contribution in [0.5, 0.6) is 0 Å². The Morgan fingerprint density at radius 3 is 2.54 bits per heavy atom. The molecular formula is C28H26BrN7O3. The van der Waals surface area contributed by atoms with Gasteiger partial charge in [-0.15, -0.1) is 0 Å². The third-order valence-corrected chi connectivity index (χ3v) is 8.23. The molecule has 0 radical (unpaired) electrons. The number of nitrogens with zero attached hydrogens (tertiary/aromatic N) is 7. The van der Waals surface area contributed by atoms with Gasteiger partial charge in [0.25, 0.3) is 0 Å². The number of pyridine rings is 2. The number of fused-ring (bicyclic) bond motifs is 2. The molecule has 0 bridgehead atoms. The number of rotatable bonds is 6. The van der Waals surface area contributed by atoms with Crippen LogP contribution in [0.1, 0.15) is 59.2 Å². The Bertz CT molecular complexity index is 1680. The lowest BCUT2D eigenvalue weighted by Crippen LogP contribution is -2.45. The first kappa shape index (κ1) is 25.4. The molecule has 6 rings (SSSR count). The Kier molecular flexibility index (Phi) is 5.94. The summed E-state index contributed by atoms with van der Waals surface area (Å²) in [6.45, 7) is 7.09. The minimum Gasteiger partial charge on any atom is -0.327 e. The van der Waals surface area contributed by atoms with Crippen LogP contribution in [-0.4, -0.2) is 64.2 Å². The maximum absolute atomic E-state index is 13.8. The normalized spacial score (nSPS) is 21.7. The predicted molar refractivity (Wildman–Crippen MR) is 146 cm³/mol. The molecule has 39 heavy (non-hydrogen) atoms. The summed E-state index contributed by atoms with van der Waals surface area (Å²) < 4.78 is 2.11. The smallest absolute Gasteiger partial charge is 0.245 e. The maximum atomic E-state index is 13.8. The predicted octanol–water partition coefficient (Wildman–Crippen LogP) is 4.13. The summed E-state index contributed by atoms with van der Waals surface area (Å²) in [5.74, 6) is 0.0428. The number of carbonyl (C=O) groups is 3. The molecule has 0 aromatic carbocycles. The number of aryl methyl sites for hydroxylation is 2. The molecule has 10 nitrogen and oxygen atoms in total. The molecule has 0 spiro atoms. The van der Waals surface area contributed by atoms with E-state index < -0.39 is 6.04 Å². The molecule has 198 valence electrons. The van der Waals surface area contributed by atoms with Gasteiger partial charge >= 0.3 is 0 Å². The molecule has 11 heteroatoms. The molecule has 1 aliphatic carbocycles. The first-order valence-electron chi connectivity index (χ1n) is 12.7. The second-order valence-electron chi connectivity index (χ2n) is 10.7. The van der Waals surface area contributed by atoms with Crippen LogP contribution in [-0.2, 0) is 11.3 Å². The summed E-state index contributed by atoms with van der Waals surface area (Å²) in [7, 11) is 0. The zero-order valence-corrected chi connectivity index (χ0v) is 23.6. The average molecular weight is 588 g/mol. The number of aromatic nitrogens is 6. The van der Waals surface area contributed by atoms with Crippen molar-refractivity contribution in [2.75, 3.05) is 0 Å². The molecule has 1 saturated carbocycles. The minimum absolute atomic E-state index is 0.00688. The van der Waals surface area contributed by atoms with Gasteiger partial charge in [-0.25, -0.2) is 15.0 Å². The van der Waals surface area contributed by atoms with E-state index in [1.807, 2.05) is 6.92 Å². The Morgan fingerprint density at radius 1 is 1.10 bits per heavy atom. The van der Waals surface area contributed by atoms with E-state index in [0.717, 1.165) is 12.0 Å². The summed E-state index contributed by atoms with van der Waals surface area (Å²) in [5, 5.41) is 5.16. The van der Waals surface area contributed by atoms with Gasteiger partial charge in [-0.3, -0.25) is 24.0 Å². The topological polar surface area (TPSA) is 124 Å². The number of halogens is 1. The number of ketones is 2. The molecule has 1 aliphatic heterocycles. The van der Waals surface area contributed by atoms with Gasteiger partial charge in [0.2, 0.25) is 11.7 Å². The molecule has 3 atom stereocenters. The van der Waals surface area contributed by atoms with E-state index >= 15 is 0 Å². The van der Waals surface area contributed by atoms with Crippen LogP contribution in [0.15, 0.2) is 41.3 Å². The van der Waals surface area contributed by atoms with Crippen molar-refractivity contribution in [1.82, 2.24) is 34.6 Å². The summed E-state index contributed by atoms with van der Waals surface area (Å²) in [6.07, 6.45) is 4.83. The molecule has 0 N–H and O–H groups in total. The van der Waals surface area contributed by atoms with Crippen molar-refractivity contribution in [3.63, 3.8) is 0 Å². The molecule has 1 saturated heterocycles. The zero-order valence-electron chi connectivity index (χ0n) is 22.0. The van der Waals surface area contributed by atoms with Crippen molar-refractivity contribution in [1.29, 1.82) is 0 Å².